The molecule has 6 heteroatoms. The predicted molar refractivity (Wildman–Crippen MR) is 65.7 cm³/mol. The third-order valence-electron chi connectivity index (χ3n) is 2.49. The molecule has 2 aromatic rings. The third kappa shape index (κ3) is 2.48. The molecule has 6 nitrogen and oxygen atoms in total. The summed E-state index contributed by atoms with van der Waals surface area (Å²) in [5.74, 6) is 0.776. The van der Waals surface area contributed by atoms with Crippen molar-refractivity contribution in [3.63, 3.8) is 0 Å². The summed E-state index contributed by atoms with van der Waals surface area (Å²) in [6, 6.07) is 6.94. The molecular formula is C12H14N4O2. The number of para-hydroxylation sites is 1. The van der Waals surface area contributed by atoms with Crippen molar-refractivity contribution in [1.29, 1.82) is 0 Å². The molecule has 1 aromatic heterocycles. The Hall–Kier alpha value is -2.37. The number of carbonyl (C=O) groups excluding carboxylic acids is 1. The van der Waals surface area contributed by atoms with Gasteiger partial charge in [-0.3, -0.25) is 4.79 Å². The van der Waals surface area contributed by atoms with Crippen LogP contribution in [0.1, 0.15) is 22.1 Å². The molecule has 94 valence electrons. The molecule has 0 atom stereocenters. The quantitative estimate of drug-likeness (QED) is 0.823. The first kappa shape index (κ1) is 12.1. The van der Waals surface area contributed by atoms with Gasteiger partial charge in [0.2, 0.25) is 5.89 Å². The van der Waals surface area contributed by atoms with Gasteiger partial charge in [-0.25, -0.2) is 0 Å². The van der Waals surface area contributed by atoms with Gasteiger partial charge in [0.05, 0.1) is 12.1 Å². The number of aryl methyl sites for hydroxylation is 1. The second-order valence-electron chi connectivity index (χ2n) is 3.98. The first-order chi connectivity index (χ1) is 8.58. The Labute approximate surface area is 104 Å². The lowest BCUT2D eigenvalue weighted by Gasteiger charge is -2.16. The van der Waals surface area contributed by atoms with Crippen LogP contribution in [0.3, 0.4) is 0 Å². The standard InChI is InChI=1S/C12H14N4O2/c1-8-14-11(15-18-8)7-16(2)12(17)9-5-3-4-6-10(9)13/h3-6H,7,13H2,1-2H3. The highest BCUT2D eigenvalue weighted by atomic mass is 16.5. The molecule has 18 heavy (non-hydrogen) atoms. The van der Waals surface area contributed by atoms with Crippen LogP contribution in [-0.4, -0.2) is 28.0 Å². The SMILES string of the molecule is Cc1nc(CN(C)C(=O)c2ccccc2N)no1. The number of rotatable bonds is 3. The van der Waals surface area contributed by atoms with Crippen LogP contribution in [0.5, 0.6) is 0 Å². The molecule has 0 aliphatic carbocycles. The molecule has 2 rings (SSSR count). The van der Waals surface area contributed by atoms with E-state index in [0.717, 1.165) is 0 Å². The van der Waals surface area contributed by atoms with Gasteiger partial charge in [-0.1, -0.05) is 17.3 Å². The van der Waals surface area contributed by atoms with Crippen LogP contribution in [0.15, 0.2) is 28.8 Å². The minimum atomic E-state index is -0.171. The highest BCUT2D eigenvalue weighted by molar-refractivity contribution is 5.98. The van der Waals surface area contributed by atoms with Gasteiger partial charge in [0, 0.05) is 19.7 Å². The number of anilines is 1. The van der Waals surface area contributed by atoms with Crippen molar-refractivity contribution < 1.29 is 9.32 Å². The fourth-order valence-electron chi connectivity index (χ4n) is 1.59. The molecule has 0 bridgehead atoms. The fraction of sp³-hybridized carbons (Fsp3) is 0.250. The number of nitrogens with two attached hydrogens (primary N) is 1. The maximum atomic E-state index is 12.1. The first-order valence-corrected chi connectivity index (χ1v) is 5.47. The van der Waals surface area contributed by atoms with Gasteiger partial charge in [0.1, 0.15) is 0 Å². The van der Waals surface area contributed by atoms with Crippen LogP contribution in [0.25, 0.3) is 0 Å². The smallest absolute Gasteiger partial charge is 0.256 e. The van der Waals surface area contributed by atoms with Gasteiger partial charge in [0.25, 0.3) is 5.91 Å². The van der Waals surface area contributed by atoms with Crippen LogP contribution in [-0.2, 0) is 6.54 Å². The molecule has 2 N–H and O–H groups in total. The monoisotopic (exact) mass is 246 g/mol. The van der Waals surface area contributed by atoms with Crippen molar-refractivity contribution >= 4 is 11.6 Å². The van der Waals surface area contributed by atoms with E-state index < -0.39 is 0 Å². The molecule has 0 aliphatic heterocycles. The van der Waals surface area contributed by atoms with Gasteiger partial charge in [0.15, 0.2) is 5.82 Å². The van der Waals surface area contributed by atoms with E-state index in [1.807, 2.05) is 0 Å². The number of benzene rings is 1. The Morgan fingerprint density at radius 1 is 1.44 bits per heavy atom. The van der Waals surface area contributed by atoms with Gasteiger partial charge >= 0.3 is 0 Å². The van der Waals surface area contributed by atoms with Gasteiger partial charge < -0.3 is 15.2 Å². The maximum Gasteiger partial charge on any atom is 0.256 e. The van der Waals surface area contributed by atoms with Gasteiger partial charge in [-0.05, 0) is 12.1 Å². The molecule has 1 heterocycles. The van der Waals surface area contributed by atoms with Crippen LogP contribution in [0.2, 0.25) is 0 Å². The zero-order valence-corrected chi connectivity index (χ0v) is 10.3. The van der Waals surface area contributed by atoms with Crippen LogP contribution < -0.4 is 5.73 Å². The summed E-state index contributed by atoms with van der Waals surface area (Å²) in [5.41, 5.74) is 6.69. The Balaban J connectivity index is 2.12. The maximum absolute atomic E-state index is 12.1. The summed E-state index contributed by atoms with van der Waals surface area (Å²) in [7, 11) is 1.67. The minimum Gasteiger partial charge on any atom is -0.398 e. The van der Waals surface area contributed by atoms with Crippen molar-refractivity contribution in [1.82, 2.24) is 15.0 Å². The Bertz CT molecular complexity index is 565. The second kappa shape index (κ2) is 4.87. The molecule has 0 radical (unpaired) electrons. The van der Waals surface area contributed by atoms with Crippen LogP contribution in [0, 0.1) is 6.92 Å². The number of aromatic nitrogens is 2. The van der Waals surface area contributed by atoms with E-state index in [2.05, 4.69) is 10.1 Å². The van der Waals surface area contributed by atoms with E-state index in [-0.39, 0.29) is 12.5 Å². The van der Waals surface area contributed by atoms with E-state index in [4.69, 9.17) is 10.3 Å². The Morgan fingerprint density at radius 3 is 2.78 bits per heavy atom. The molecule has 1 amide bonds. The summed E-state index contributed by atoms with van der Waals surface area (Å²) in [4.78, 5) is 17.7. The lowest BCUT2D eigenvalue weighted by molar-refractivity contribution is 0.0781. The highest BCUT2D eigenvalue weighted by Crippen LogP contribution is 2.13. The number of hydrogen-bond donors (Lipinski definition) is 1. The summed E-state index contributed by atoms with van der Waals surface area (Å²) in [5, 5.41) is 3.74. The number of hydrogen-bond acceptors (Lipinski definition) is 5. The Kier molecular flexibility index (Phi) is 3.27. The Morgan fingerprint density at radius 2 is 2.17 bits per heavy atom. The first-order valence-electron chi connectivity index (χ1n) is 5.47. The van der Waals surface area contributed by atoms with Crippen molar-refractivity contribution in [2.45, 2.75) is 13.5 Å². The van der Waals surface area contributed by atoms with Crippen molar-refractivity contribution in [3.8, 4) is 0 Å². The average molecular weight is 246 g/mol. The summed E-state index contributed by atoms with van der Waals surface area (Å²) in [6.45, 7) is 1.98. The lowest BCUT2D eigenvalue weighted by atomic mass is 10.1. The molecule has 1 aromatic carbocycles. The van der Waals surface area contributed by atoms with Crippen molar-refractivity contribution in [3.05, 3.63) is 41.5 Å². The lowest BCUT2D eigenvalue weighted by Crippen LogP contribution is -2.27. The number of carbonyl (C=O) groups is 1. The van der Waals surface area contributed by atoms with Gasteiger partial charge in [-0.15, -0.1) is 0 Å². The summed E-state index contributed by atoms with van der Waals surface area (Å²) < 4.78 is 4.85. The summed E-state index contributed by atoms with van der Waals surface area (Å²) in [6.07, 6.45) is 0. The molecule has 0 saturated heterocycles. The van der Waals surface area contributed by atoms with Crippen molar-refractivity contribution in [2.24, 2.45) is 0 Å². The minimum absolute atomic E-state index is 0.171. The normalized spacial score (nSPS) is 10.3. The molecule has 0 fully saturated rings. The predicted octanol–water partition coefficient (Wildman–Crippen LogP) is 1.23. The molecule has 0 spiro atoms. The van der Waals surface area contributed by atoms with E-state index in [9.17, 15) is 4.79 Å². The zero-order chi connectivity index (χ0) is 13.1. The van der Waals surface area contributed by atoms with Crippen LogP contribution in [0.4, 0.5) is 5.69 Å². The van der Waals surface area contributed by atoms with E-state index >= 15 is 0 Å². The molecule has 0 saturated carbocycles. The highest BCUT2D eigenvalue weighted by Gasteiger charge is 2.16. The topological polar surface area (TPSA) is 85.2 Å². The van der Waals surface area contributed by atoms with Crippen LogP contribution >= 0.6 is 0 Å². The molecule has 0 unspecified atom stereocenters. The average Bonchev–Trinajstić information content (AvgIpc) is 2.74. The van der Waals surface area contributed by atoms with E-state index in [1.54, 1.807) is 38.2 Å². The van der Waals surface area contributed by atoms with E-state index in [0.29, 0.717) is 23.0 Å². The number of nitrogen functional groups attached to an aromatic ring is 1. The molecule has 0 aliphatic rings. The van der Waals surface area contributed by atoms with Crippen molar-refractivity contribution in [2.75, 3.05) is 12.8 Å². The second-order valence-corrected chi connectivity index (χ2v) is 3.98. The third-order valence-corrected chi connectivity index (χ3v) is 2.49. The summed E-state index contributed by atoms with van der Waals surface area (Å²) >= 11 is 0. The largest absolute Gasteiger partial charge is 0.398 e. The zero-order valence-electron chi connectivity index (χ0n) is 10.3. The number of nitrogens with zero attached hydrogens (tertiary/aromatic N) is 3. The fourth-order valence-corrected chi connectivity index (χ4v) is 1.59. The molecular weight excluding hydrogens is 232 g/mol. The van der Waals surface area contributed by atoms with E-state index in [1.165, 1.54) is 4.90 Å². The van der Waals surface area contributed by atoms with Gasteiger partial charge in [-0.2, -0.15) is 4.98 Å². The number of amides is 1.